The summed E-state index contributed by atoms with van der Waals surface area (Å²) in [6.45, 7) is 6.63. The molecule has 0 fully saturated rings. The number of hydrogen-bond acceptors (Lipinski definition) is 6. The molecule has 6 N–H and O–H groups in total. The van der Waals surface area contributed by atoms with Crippen molar-refractivity contribution in [3.63, 3.8) is 0 Å². The molecule has 0 bridgehead atoms. The normalized spacial score (nSPS) is 10.6. The van der Waals surface area contributed by atoms with Gasteiger partial charge >= 0.3 is 29.6 Å². The van der Waals surface area contributed by atoms with Crippen molar-refractivity contribution < 1.29 is 60.4 Å². The molecule has 0 aromatic heterocycles. The van der Waals surface area contributed by atoms with E-state index in [-0.39, 0.29) is 49.1 Å². The molecule has 0 radical (unpaired) electrons. The van der Waals surface area contributed by atoms with Crippen LogP contribution in [0.3, 0.4) is 0 Å². The molecule has 0 saturated heterocycles. The average Bonchev–Trinajstić information content (AvgIpc) is 3.00. The number of carboxylic acid groups (broad SMARTS) is 2. The fraction of sp³-hybridized carbons (Fsp3) is 0.895. The van der Waals surface area contributed by atoms with Gasteiger partial charge in [0.2, 0.25) is 0 Å². The van der Waals surface area contributed by atoms with Crippen LogP contribution in [0.4, 0.5) is 0 Å². The Morgan fingerprint density at radius 2 is 0.638 bits per heavy atom. The van der Waals surface area contributed by atoms with Crippen LogP contribution in [-0.2, 0) is 19.2 Å². The van der Waals surface area contributed by atoms with E-state index < -0.39 is 17.5 Å². The summed E-state index contributed by atoms with van der Waals surface area (Å²) in [5, 5.41) is 14.8. The van der Waals surface area contributed by atoms with Crippen molar-refractivity contribution in [2.45, 2.75) is 213 Å². The van der Waals surface area contributed by atoms with Crippen LogP contribution < -0.4 is 41.0 Å². The molecule has 9 heteroatoms. The molecule has 0 spiro atoms. The van der Waals surface area contributed by atoms with Gasteiger partial charge in [0, 0.05) is 33.2 Å². The molecular formula is C38H77N2NaO6. The maximum absolute atomic E-state index is 12.7. The monoisotopic (exact) mass is 681 g/mol. The molecule has 0 rings (SSSR count). The molecule has 47 heavy (non-hydrogen) atoms. The number of Topliss-reactive ketones (excluding diaryl/α,β-unsaturated/α-hetero) is 2. The summed E-state index contributed by atoms with van der Waals surface area (Å²) in [7, 11) is 0. The third kappa shape index (κ3) is 43.2. The standard InChI is InChI=1S/C34H68N2O2.2C2H4O2.Na.H/c1-3-5-7-9-11-13-15-17-19-21-23-25-27-29-32(37)34(36,31-35)33(38)30-28-26-24-22-20-18-16-14-12-10-8-6-4-2;2*1-2(3)4;;/h3-31,35-36H2,1-2H3;2*1H3,(H,3,4);;/q;;;+1;-1. The molecular weight excluding hydrogens is 603 g/mol. The van der Waals surface area contributed by atoms with Crippen LogP contribution in [0.5, 0.6) is 0 Å². The molecule has 0 atom stereocenters. The van der Waals surface area contributed by atoms with Gasteiger partial charge in [-0.1, -0.05) is 168 Å². The predicted molar refractivity (Wildman–Crippen MR) is 194 cm³/mol. The Bertz CT molecular complexity index is 665. The summed E-state index contributed by atoms with van der Waals surface area (Å²) in [5.41, 5.74) is 10.6. The number of rotatable bonds is 31. The first-order valence-electron chi connectivity index (χ1n) is 18.9. The van der Waals surface area contributed by atoms with Crippen LogP contribution in [0.2, 0.25) is 0 Å². The molecule has 0 aliphatic carbocycles. The fourth-order valence-corrected chi connectivity index (χ4v) is 5.44. The SMILES string of the molecule is CC(=O)O.CC(=O)O.CCCCCCCCCCCCCCCC(=O)C(N)(CN)C(=O)CCCCCCCCCCCCCCC.[H-].[Na+]. The molecule has 0 saturated carbocycles. The third-order valence-electron chi connectivity index (χ3n) is 8.33. The molecule has 0 amide bonds. The minimum absolute atomic E-state index is 0. The van der Waals surface area contributed by atoms with E-state index in [1.165, 1.54) is 128 Å². The Balaban J connectivity index is -0.000000550. The molecule has 276 valence electrons. The van der Waals surface area contributed by atoms with E-state index in [9.17, 15) is 9.59 Å². The molecule has 0 aromatic carbocycles. The van der Waals surface area contributed by atoms with E-state index in [1.54, 1.807) is 0 Å². The van der Waals surface area contributed by atoms with Gasteiger partial charge in [0.25, 0.3) is 11.9 Å². The van der Waals surface area contributed by atoms with Crippen molar-refractivity contribution in [3.8, 4) is 0 Å². The first-order valence-corrected chi connectivity index (χ1v) is 18.9. The molecule has 0 aromatic rings. The quantitative estimate of drug-likeness (QED) is 0.0344. The van der Waals surface area contributed by atoms with Gasteiger partial charge in [0.1, 0.15) is 5.54 Å². The van der Waals surface area contributed by atoms with Gasteiger partial charge in [-0.15, -0.1) is 0 Å². The summed E-state index contributed by atoms with van der Waals surface area (Å²) >= 11 is 0. The van der Waals surface area contributed by atoms with E-state index in [1.807, 2.05) is 0 Å². The summed E-state index contributed by atoms with van der Waals surface area (Å²) in [6.07, 6.45) is 33.8. The van der Waals surface area contributed by atoms with E-state index in [0.29, 0.717) is 12.8 Å². The Morgan fingerprint density at radius 3 is 0.809 bits per heavy atom. The van der Waals surface area contributed by atoms with Gasteiger partial charge < -0.3 is 23.1 Å². The summed E-state index contributed by atoms with van der Waals surface area (Å²) in [6, 6.07) is 0. The van der Waals surface area contributed by atoms with Crippen LogP contribution >= 0.6 is 0 Å². The van der Waals surface area contributed by atoms with Gasteiger partial charge in [-0.25, -0.2) is 0 Å². The second kappa shape index (κ2) is 41.4. The van der Waals surface area contributed by atoms with Crippen molar-refractivity contribution >= 4 is 23.5 Å². The van der Waals surface area contributed by atoms with Crippen molar-refractivity contribution in [3.05, 3.63) is 0 Å². The van der Waals surface area contributed by atoms with Crippen molar-refractivity contribution in [1.82, 2.24) is 0 Å². The fourth-order valence-electron chi connectivity index (χ4n) is 5.44. The zero-order valence-corrected chi connectivity index (χ0v) is 33.7. The first-order chi connectivity index (χ1) is 22.0. The Morgan fingerprint density at radius 1 is 0.468 bits per heavy atom. The zero-order chi connectivity index (χ0) is 35.3. The van der Waals surface area contributed by atoms with Crippen LogP contribution in [0, 0.1) is 0 Å². The third-order valence-corrected chi connectivity index (χ3v) is 8.33. The van der Waals surface area contributed by atoms with E-state index in [2.05, 4.69) is 13.8 Å². The van der Waals surface area contributed by atoms with Gasteiger partial charge in [0.15, 0.2) is 11.6 Å². The van der Waals surface area contributed by atoms with E-state index >= 15 is 0 Å². The topological polar surface area (TPSA) is 161 Å². The van der Waals surface area contributed by atoms with Crippen molar-refractivity contribution in [2.75, 3.05) is 6.54 Å². The number of ketones is 2. The van der Waals surface area contributed by atoms with Gasteiger partial charge in [0.05, 0.1) is 0 Å². The second-order valence-corrected chi connectivity index (χ2v) is 13.0. The van der Waals surface area contributed by atoms with Gasteiger partial charge in [-0.05, 0) is 12.8 Å². The molecule has 0 aliphatic heterocycles. The Labute approximate surface area is 313 Å². The minimum Gasteiger partial charge on any atom is -1.00 e. The summed E-state index contributed by atoms with van der Waals surface area (Å²) in [4.78, 5) is 43.5. The zero-order valence-electron chi connectivity index (χ0n) is 32.7. The van der Waals surface area contributed by atoms with Crippen LogP contribution in [0.1, 0.15) is 209 Å². The van der Waals surface area contributed by atoms with Crippen molar-refractivity contribution in [1.29, 1.82) is 0 Å². The maximum atomic E-state index is 12.7. The maximum Gasteiger partial charge on any atom is 1.00 e. The first kappa shape index (κ1) is 53.0. The van der Waals surface area contributed by atoms with Crippen LogP contribution in [0.15, 0.2) is 0 Å². The molecule has 8 nitrogen and oxygen atoms in total. The largest absolute Gasteiger partial charge is 1.00 e. The second-order valence-electron chi connectivity index (χ2n) is 13.0. The number of nitrogens with two attached hydrogens (primary N) is 2. The van der Waals surface area contributed by atoms with Crippen LogP contribution in [0.25, 0.3) is 0 Å². The number of carbonyl (C=O) groups excluding carboxylic acids is 2. The smallest absolute Gasteiger partial charge is 1.00 e. The summed E-state index contributed by atoms with van der Waals surface area (Å²) in [5.74, 6) is -1.97. The number of hydrogen-bond donors (Lipinski definition) is 4. The van der Waals surface area contributed by atoms with Crippen molar-refractivity contribution in [2.24, 2.45) is 11.5 Å². The molecule has 0 unspecified atom stereocenters. The summed E-state index contributed by atoms with van der Waals surface area (Å²) < 4.78 is 0. The van der Waals surface area contributed by atoms with Gasteiger partial charge in [-0.3, -0.25) is 19.2 Å². The number of aliphatic carboxylic acids is 2. The minimum atomic E-state index is -1.46. The predicted octanol–water partition coefficient (Wildman–Crippen LogP) is 7.04. The average molecular weight is 681 g/mol. The Hall–Kier alpha value is -0.800. The van der Waals surface area contributed by atoms with E-state index in [0.717, 1.165) is 52.4 Å². The number of unbranched alkanes of at least 4 members (excludes halogenated alkanes) is 24. The van der Waals surface area contributed by atoms with Gasteiger partial charge in [-0.2, -0.15) is 0 Å². The van der Waals surface area contributed by atoms with E-state index in [4.69, 9.17) is 31.3 Å². The Kier molecular flexibility index (Phi) is 46.7. The molecule has 0 heterocycles. The number of carboxylic acids is 2. The molecule has 0 aliphatic rings. The number of carbonyl (C=O) groups is 4. The van der Waals surface area contributed by atoms with Crippen LogP contribution in [-0.4, -0.2) is 45.8 Å².